The van der Waals surface area contributed by atoms with Crippen molar-refractivity contribution >= 4 is 0 Å². The van der Waals surface area contributed by atoms with Crippen LogP contribution in [0.3, 0.4) is 0 Å². The van der Waals surface area contributed by atoms with Crippen LogP contribution < -0.4 is 5.73 Å². The first-order valence-electron chi connectivity index (χ1n) is 5.85. The zero-order valence-corrected chi connectivity index (χ0v) is 9.87. The highest BCUT2D eigenvalue weighted by molar-refractivity contribution is 5.15. The van der Waals surface area contributed by atoms with Crippen LogP contribution in [0.25, 0.3) is 0 Å². The van der Waals surface area contributed by atoms with Crippen LogP contribution in [0.15, 0.2) is 29.0 Å². The maximum absolute atomic E-state index is 6.16. The third-order valence-electron chi connectivity index (χ3n) is 3.06. The molecule has 0 aliphatic carbocycles. The van der Waals surface area contributed by atoms with Crippen molar-refractivity contribution in [2.75, 3.05) is 13.2 Å². The quantitative estimate of drug-likeness (QED) is 0.854. The fourth-order valence-electron chi connectivity index (χ4n) is 1.96. The lowest BCUT2D eigenvalue weighted by molar-refractivity contribution is 0.166. The van der Waals surface area contributed by atoms with Crippen LogP contribution in [0.4, 0.5) is 0 Å². The van der Waals surface area contributed by atoms with Gasteiger partial charge in [-0.05, 0) is 24.1 Å². The molecule has 18 heavy (non-hydrogen) atoms. The van der Waals surface area contributed by atoms with E-state index in [0.29, 0.717) is 37.8 Å². The smallest absolute Gasteiger partial charge is 0.249 e. The Morgan fingerprint density at radius 3 is 2.89 bits per heavy atom. The van der Waals surface area contributed by atoms with Gasteiger partial charge in [-0.3, -0.25) is 4.98 Å². The van der Waals surface area contributed by atoms with Gasteiger partial charge in [0.05, 0.1) is 6.61 Å². The minimum Gasteiger partial charge on any atom is -0.379 e. The minimum atomic E-state index is -0.622. The second kappa shape index (κ2) is 4.47. The summed E-state index contributed by atoms with van der Waals surface area (Å²) in [6, 6.07) is 3.85. The van der Waals surface area contributed by atoms with Crippen LogP contribution in [-0.4, -0.2) is 28.3 Å². The second-order valence-corrected chi connectivity index (χ2v) is 4.51. The number of rotatable bonds is 3. The molecular weight excluding hydrogens is 232 g/mol. The molecule has 94 valence electrons. The second-order valence-electron chi connectivity index (χ2n) is 4.51. The van der Waals surface area contributed by atoms with E-state index in [1.165, 1.54) is 0 Å². The molecule has 2 aromatic heterocycles. The van der Waals surface area contributed by atoms with Crippen molar-refractivity contribution in [2.45, 2.75) is 18.4 Å². The lowest BCUT2D eigenvalue weighted by Gasteiger charge is -2.14. The largest absolute Gasteiger partial charge is 0.379 e. The number of nitrogens with zero attached hydrogens (tertiary/aromatic N) is 3. The SMILES string of the molecule is NC1(c2nc(Cc3ccncc3)no2)CCOC1. The van der Waals surface area contributed by atoms with Crippen molar-refractivity contribution in [3.05, 3.63) is 41.8 Å². The van der Waals surface area contributed by atoms with Gasteiger partial charge in [-0.2, -0.15) is 4.98 Å². The van der Waals surface area contributed by atoms with Gasteiger partial charge in [0.2, 0.25) is 5.89 Å². The molecule has 2 aromatic rings. The number of hydrogen-bond donors (Lipinski definition) is 1. The summed E-state index contributed by atoms with van der Waals surface area (Å²) in [4.78, 5) is 8.32. The molecule has 0 saturated carbocycles. The van der Waals surface area contributed by atoms with Gasteiger partial charge in [0.1, 0.15) is 5.54 Å². The summed E-state index contributed by atoms with van der Waals surface area (Å²) >= 11 is 0. The number of ether oxygens (including phenoxy) is 1. The van der Waals surface area contributed by atoms with Crippen LogP contribution in [0.2, 0.25) is 0 Å². The first kappa shape index (κ1) is 11.3. The highest BCUT2D eigenvalue weighted by atomic mass is 16.5. The fraction of sp³-hybridized carbons (Fsp3) is 0.417. The van der Waals surface area contributed by atoms with Crippen LogP contribution in [-0.2, 0) is 16.7 Å². The molecular formula is C12H14N4O2. The standard InChI is InChI=1S/C12H14N4O2/c13-12(3-6-17-8-12)11-15-10(16-18-11)7-9-1-4-14-5-2-9/h1-2,4-5H,3,6-8,13H2. The molecule has 3 rings (SSSR count). The van der Waals surface area contributed by atoms with E-state index in [9.17, 15) is 0 Å². The van der Waals surface area contributed by atoms with E-state index in [1.807, 2.05) is 12.1 Å². The van der Waals surface area contributed by atoms with Crippen molar-refractivity contribution in [3.63, 3.8) is 0 Å². The van der Waals surface area contributed by atoms with E-state index in [2.05, 4.69) is 15.1 Å². The summed E-state index contributed by atoms with van der Waals surface area (Å²) in [5, 5.41) is 3.96. The fourth-order valence-corrected chi connectivity index (χ4v) is 1.96. The monoisotopic (exact) mass is 246 g/mol. The van der Waals surface area contributed by atoms with E-state index in [-0.39, 0.29) is 0 Å². The van der Waals surface area contributed by atoms with Crippen LogP contribution in [0.1, 0.15) is 23.7 Å². The Bertz CT molecular complexity index is 520. The highest BCUT2D eigenvalue weighted by Crippen LogP contribution is 2.26. The van der Waals surface area contributed by atoms with Gasteiger partial charge in [0.15, 0.2) is 5.82 Å². The molecule has 0 radical (unpaired) electrons. The van der Waals surface area contributed by atoms with Gasteiger partial charge < -0.3 is 15.0 Å². The summed E-state index contributed by atoms with van der Waals surface area (Å²) in [7, 11) is 0. The van der Waals surface area contributed by atoms with Gasteiger partial charge >= 0.3 is 0 Å². The van der Waals surface area contributed by atoms with Gasteiger partial charge in [0.25, 0.3) is 0 Å². The third-order valence-corrected chi connectivity index (χ3v) is 3.06. The molecule has 1 unspecified atom stereocenters. The lowest BCUT2D eigenvalue weighted by atomic mass is 10.0. The summed E-state index contributed by atoms with van der Waals surface area (Å²) in [5.41, 5.74) is 6.62. The Balaban J connectivity index is 1.78. The van der Waals surface area contributed by atoms with Crippen molar-refractivity contribution in [3.8, 4) is 0 Å². The van der Waals surface area contributed by atoms with Gasteiger partial charge in [0, 0.05) is 25.4 Å². The van der Waals surface area contributed by atoms with Gasteiger partial charge in [-0.1, -0.05) is 5.16 Å². The Labute approximate surface area is 104 Å². The van der Waals surface area contributed by atoms with Gasteiger partial charge in [-0.25, -0.2) is 0 Å². The molecule has 2 N–H and O–H groups in total. The van der Waals surface area contributed by atoms with Crippen LogP contribution in [0.5, 0.6) is 0 Å². The van der Waals surface area contributed by atoms with E-state index < -0.39 is 5.54 Å². The first-order chi connectivity index (χ1) is 8.76. The molecule has 6 heteroatoms. The molecule has 0 spiro atoms. The molecule has 6 nitrogen and oxygen atoms in total. The first-order valence-corrected chi connectivity index (χ1v) is 5.85. The lowest BCUT2D eigenvalue weighted by Crippen LogP contribution is -2.37. The average Bonchev–Trinajstić information content (AvgIpc) is 3.01. The Morgan fingerprint density at radius 1 is 1.33 bits per heavy atom. The molecule has 0 aromatic carbocycles. The molecule has 1 aliphatic rings. The average molecular weight is 246 g/mol. The van der Waals surface area contributed by atoms with Crippen molar-refractivity contribution in [2.24, 2.45) is 5.73 Å². The molecule has 3 heterocycles. The molecule has 0 bridgehead atoms. The molecule has 1 aliphatic heterocycles. The topological polar surface area (TPSA) is 87.1 Å². The molecule has 1 saturated heterocycles. The van der Waals surface area contributed by atoms with Crippen LogP contribution >= 0.6 is 0 Å². The van der Waals surface area contributed by atoms with Crippen molar-refractivity contribution < 1.29 is 9.26 Å². The van der Waals surface area contributed by atoms with E-state index in [4.69, 9.17) is 15.0 Å². The maximum Gasteiger partial charge on any atom is 0.249 e. The third kappa shape index (κ3) is 2.12. The number of aromatic nitrogens is 3. The predicted octanol–water partition coefficient (Wildman–Crippen LogP) is 0.630. The van der Waals surface area contributed by atoms with Crippen LogP contribution in [0, 0.1) is 0 Å². The van der Waals surface area contributed by atoms with Gasteiger partial charge in [-0.15, -0.1) is 0 Å². The summed E-state index contributed by atoms with van der Waals surface area (Å²) in [5.74, 6) is 1.09. The zero-order valence-electron chi connectivity index (χ0n) is 9.87. The number of hydrogen-bond acceptors (Lipinski definition) is 6. The zero-order chi connectivity index (χ0) is 12.4. The predicted molar refractivity (Wildman–Crippen MR) is 62.6 cm³/mol. The number of pyridine rings is 1. The Morgan fingerprint density at radius 2 is 2.17 bits per heavy atom. The Hall–Kier alpha value is -1.79. The summed E-state index contributed by atoms with van der Waals surface area (Å²) in [6.45, 7) is 1.07. The number of nitrogens with two attached hydrogens (primary N) is 1. The maximum atomic E-state index is 6.16. The minimum absolute atomic E-state index is 0.434. The van der Waals surface area contributed by atoms with Crippen molar-refractivity contribution in [1.29, 1.82) is 0 Å². The van der Waals surface area contributed by atoms with E-state index in [0.717, 1.165) is 5.56 Å². The summed E-state index contributed by atoms with van der Waals surface area (Å²) < 4.78 is 10.5. The molecule has 1 fully saturated rings. The van der Waals surface area contributed by atoms with E-state index in [1.54, 1.807) is 12.4 Å². The summed E-state index contributed by atoms with van der Waals surface area (Å²) in [6.07, 6.45) is 4.81. The highest BCUT2D eigenvalue weighted by Gasteiger charge is 2.38. The normalized spacial score (nSPS) is 23.4. The molecule has 0 amide bonds. The Kier molecular flexibility index (Phi) is 2.81. The van der Waals surface area contributed by atoms with Crippen molar-refractivity contribution in [1.82, 2.24) is 15.1 Å². The molecule has 1 atom stereocenters. The van der Waals surface area contributed by atoms with E-state index >= 15 is 0 Å².